The fourth-order valence-electron chi connectivity index (χ4n) is 1.20. The number of unbranched alkanes of at least 4 members (excludes halogenated alkanes) is 3. The summed E-state index contributed by atoms with van der Waals surface area (Å²) in [7, 11) is 1.97. The van der Waals surface area contributed by atoms with Crippen LogP contribution in [0, 0.1) is 0 Å². The van der Waals surface area contributed by atoms with Crippen molar-refractivity contribution in [3.63, 3.8) is 0 Å². The van der Waals surface area contributed by atoms with Crippen LogP contribution in [0.5, 0.6) is 0 Å². The molecule has 0 aromatic carbocycles. The maximum absolute atomic E-state index is 11.0. The smallest absolute Gasteiger partial charge is 0.243 e. The van der Waals surface area contributed by atoms with E-state index in [1.54, 1.807) is 12.2 Å². The summed E-state index contributed by atoms with van der Waals surface area (Å²) in [5.74, 6) is 0.0164. The Bertz CT molecular complexity index is 167. The van der Waals surface area contributed by atoms with Crippen LogP contribution in [0.3, 0.4) is 0 Å². The van der Waals surface area contributed by atoms with E-state index < -0.39 is 0 Å². The Balaban J connectivity index is 3.09. The number of amides is 1. The molecule has 14 heavy (non-hydrogen) atoms. The first-order chi connectivity index (χ1) is 6.81. The van der Waals surface area contributed by atoms with Crippen molar-refractivity contribution in [2.75, 3.05) is 20.1 Å². The van der Waals surface area contributed by atoms with Crippen LogP contribution in [0.25, 0.3) is 0 Å². The van der Waals surface area contributed by atoms with Gasteiger partial charge in [-0.2, -0.15) is 0 Å². The molecule has 0 aromatic rings. The second-order valence-corrected chi connectivity index (χ2v) is 3.31. The average molecular weight is 198 g/mol. The summed E-state index contributed by atoms with van der Waals surface area (Å²) in [6.45, 7) is 3.73. The number of hydrogen-bond acceptors (Lipinski definition) is 2. The Morgan fingerprint density at radius 2 is 1.79 bits per heavy atom. The minimum absolute atomic E-state index is 0.0164. The maximum Gasteiger partial charge on any atom is 0.243 e. The van der Waals surface area contributed by atoms with Gasteiger partial charge >= 0.3 is 0 Å². The van der Waals surface area contributed by atoms with Gasteiger partial charge in [-0.3, -0.25) is 4.79 Å². The van der Waals surface area contributed by atoms with E-state index in [9.17, 15) is 4.79 Å². The van der Waals surface area contributed by atoms with E-state index in [4.69, 9.17) is 0 Å². The Morgan fingerprint density at radius 1 is 1.14 bits per heavy atom. The normalized spacial score (nSPS) is 10.7. The molecule has 0 aliphatic heterocycles. The summed E-state index contributed by atoms with van der Waals surface area (Å²) in [6.07, 6.45) is 8.04. The highest BCUT2D eigenvalue weighted by molar-refractivity contribution is 5.87. The topological polar surface area (TPSA) is 41.1 Å². The molecule has 82 valence electrons. The zero-order valence-electron chi connectivity index (χ0n) is 9.31. The van der Waals surface area contributed by atoms with Crippen LogP contribution in [0.1, 0.15) is 32.6 Å². The monoisotopic (exact) mass is 198 g/mol. The molecule has 3 heteroatoms. The van der Waals surface area contributed by atoms with Gasteiger partial charge in [-0.25, -0.2) is 0 Å². The van der Waals surface area contributed by atoms with Gasteiger partial charge in [-0.05, 0) is 39.4 Å². The molecule has 2 N–H and O–H groups in total. The van der Waals surface area contributed by atoms with Crippen molar-refractivity contribution in [2.45, 2.75) is 32.6 Å². The van der Waals surface area contributed by atoms with E-state index in [1.165, 1.54) is 19.3 Å². The molecule has 3 nitrogen and oxygen atoms in total. The molecular weight excluding hydrogens is 176 g/mol. The quantitative estimate of drug-likeness (QED) is 0.458. The van der Waals surface area contributed by atoms with E-state index >= 15 is 0 Å². The highest BCUT2D eigenvalue weighted by Crippen LogP contribution is 1.97. The van der Waals surface area contributed by atoms with Gasteiger partial charge in [0.2, 0.25) is 5.91 Å². The van der Waals surface area contributed by atoms with Gasteiger partial charge in [0, 0.05) is 6.54 Å². The van der Waals surface area contributed by atoms with Crippen molar-refractivity contribution in [2.24, 2.45) is 0 Å². The van der Waals surface area contributed by atoms with Crippen LogP contribution in [-0.2, 0) is 4.79 Å². The van der Waals surface area contributed by atoms with E-state index in [-0.39, 0.29) is 5.91 Å². The molecule has 0 saturated heterocycles. The number of hydrogen-bond donors (Lipinski definition) is 2. The lowest BCUT2D eigenvalue weighted by Crippen LogP contribution is -2.21. The molecule has 0 saturated carbocycles. The molecule has 0 aromatic heterocycles. The van der Waals surface area contributed by atoms with Crippen molar-refractivity contribution >= 4 is 5.91 Å². The minimum Gasteiger partial charge on any atom is -0.353 e. The van der Waals surface area contributed by atoms with Gasteiger partial charge in [0.25, 0.3) is 0 Å². The van der Waals surface area contributed by atoms with Crippen LogP contribution in [0.4, 0.5) is 0 Å². The summed E-state index contributed by atoms with van der Waals surface area (Å²) in [4.78, 5) is 11.0. The van der Waals surface area contributed by atoms with Crippen LogP contribution in [0.15, 0.2) is 12.2 Å². The van der Waals surface area contributed by atoms with Crippen molar-refractivity contribution in [1.29, 1.82) is 0 Å². The number of carbonyl (C=O) groups is 1. The molecule has 0 radical (unpaired) electrons. The molecule has 0 spiro atoms. The fraction of sp³-hybridized carbons (Fsp3) is 0.727. The molecule has 0 bridgehead atoms. The van der Waals surface area contributed by atoms with Gasteiger partial charge in [0.15, 0.2) is 0 Å². The molecule has 0 atom stereocenters. The zero-order chi connectivity index (χ0) is 10.6. The highest BCUT2D eigenvalue weighted by Gasteiger charge is 1.93. The Kier molecular flexibility index (Phi) is 9.64. The molecule has 0 rings (SSSR count). The lowest BCUT2D eigenvalue weighted by atomic mass is 10.2. The van der Waals surface area contributed by atoms with Gasteiger partial charge in [-0.15, -0.1) is 0 Å². The van der Waals surface area contributed by atoms with Crippen molar-refractivity contribution < 1.29 is 4.79 Å². The molecule has 0 fully saturated rings. The molecule has 0 heterocycles. The summed E-state index contributed by atoms with van der Waals surface area (Å²) < 4.78 is 0. The molecular formula is C11H22N2O. The summed E-state index contributed by atoms with van der Waals surface area (Å²) in [5.41, 5.74) is 0. The first-order valence-electron chi connectivity index (χ1n) is 5.36. The third-order valence-electron chi connectivity index (χ3n) is 1.97. The number of rotatable bonds is 8. The van der Waals surface area contributed by atoms with Crippen LogP contribution in [0.2, 0.25) is 0 Å². The number of carbonyl (C=O) groups excluding carboxylic acids is 1. The number of nitrogens with one attached hydrogen (secondary N) is 2. The largest absolute Gasteiger partial charge is 0.353 e. The standard InChI is InChI=1S/C11H22N2O/c1-3-8-11(14)13-10-7-5-4-6-9-12-2/h3,8,12H,4-7,9-10H2,1-2H3,(H,13,14)/b8-3+. The SMILES string of the molecule is C/C=C/C(=O)NCCCCCCNC. The van der Waals surface area contributed by atoms with Crippen molar-refractivity contribution in [3.05, 3.63) is 12.2 Å². The van der Waals surface area contributed by atoms with Crippen LogP contribution < -0.4 is 10.6 Å². The zero-order valence-corrected chi connectivity index (χ0v) is 9.31. The van der Waals surface area contributed by atoms with Gasteiger partial charge < -0.3 is 10.6 Å². The fourth-order valence-corrected chi connectivity index (χ4v) is 1.20. The molecule has 0 aliphatic rings. The van der Waals surface area contributed by atoms with E-state index in [0.29, 0.717) is 0 Å². The average Bonchev–Trinajstić information content (AvgIpc) is 2.17. The first-order valence-corrected chi connectivity index (χ1v) is 5.36. The lowest BCUT2D eigenvalue weighted by molar-refractivity contribution is -0.116. The third-order valence-corrected chi connectivity index (χ3v) is 1.97. The molecule has 0 unspecified atom stereocenters. The predicted molar refractivity (Wildman–Crippen MR) is 60.2 cm³/mol. The maximum atomic E-state index is 11.0. The van der Waals surface area contributed by atoms with Gasteiger partial charge in [-0.1, -0.05) is 18.9 Å². The van der Waals surface area contributed by atoms with Crippen LogP contribution >= 0.6 is 0 Å². The second kappa shape index (κ2) is 10.3. The highest BCUT2D eigenvalue weighted by atomic mass is 16.1. The number of allylic oxidation sites excluding steroid dienone is 1. The minimum atomic E-state index is 0.0164. The third kappa shape index (κ3) is 9.26. The van der Waals surface area contributed by atoms with Crippen molar-refractivity contribution in [3.8, 4) is 0 Å². The Hall–Kier alpha value is -0.830. The van der Waals surface area contributed by atoms with E-state index in [0.717, 1.165) is 19.5 Å². The van der Waals surface area contributed by atoms with Crippen molar-refractivity contribution in [1.82, 2.24) is 10.6 Å². The molecule has 1 amide bonds. The summed E-state index contributed by atoms with van der Waals surface area (Å²) >= 11 is 0. The van der Waals surface area contributed by atoms with E-state index in [1.807, 2.05) is 14.0 Å². The lowest BCUT2D eigenvalue weighted by Gasteiger charge is -2.02. The van der Waals surface area contributed by atoms with Gasteiger partial charge in [0.1, 0.15) is 0 Å². The van der Waals surface area contributed by atoms with E-state index in [2.05, 4.69) is 10.6 Å². The molecule has 0 aliphatic carbocycles. The Morgan fingerprint density at radius 3 is 2.36 bits per heavy atom. The second-order valence-electron chi connectivity index (χ2n) is 3.31. The van der Waals surface area contributed by atoms with Gasteiger partial charge in [0.05, 0.1) is 0 Å². The predicted octanol–water partition coefficient (Wildman–Crippen LogP) is 1.46. The summed E-state index contributed by atoms with van der Waals surface area (Å²) in [5, 5.41) is 5.95. The summed E-state index contributed by atoms with van der Waals surface area (Å²) in [6, 6.07) is 0. The Labute approximate surface area is 87.0 Å². The van der Waals surface area contributed by atoms with Crippen LogP contribution in [-0.4, -0.2) is 26.0 Å². The first kappa shape index (κ1) is 13.2.